The van der Waals surface area contributed by atoms with Crippen molar-refractivity contribution in [3.05, 3.63) is 60.7 Å². The summed E-state index contributed by atoms with van der Waals surface area (Å²) in [5.74, 6) is 0. The Labute approximate surface area is 112 Å². The minimum absolute atomic E-state index is 1.31. The molecule has 0 aromatic heterocycles. The molecule has 0 aliphatic carbocycles. The van der Waals surface area contributed by atoms with Crippen LogP contribution in [0.4, 0.5) is 0 Å². The van der Waals surface area contributed by atoms with Gasteiger partial charge in [0.2, 0.25) is 0 Å². The Morgan fingerprint density at radius 2 is 1.24 bits per heavy atom. The Kier molecular flexibility index (Phi) is 5.13. The van der Waals surface area contributed by atoms with Gasteiger partial charge < -0.3 is 0 Å². The Balaban J connectivity index is 2.26. The molecule has 0 radical (unpaired) electrons. The fraction of sp³-hybridized carbons (Fsp3) is 0.250. The van der Waals surface area contributed by atoms with E-state index in [4.69, 9.17) is 0 Å². The quantitative estimate of drug-likeness (QED) is 0.738. The fourth-order valence-electron chi connectivity index (χ4n) is 1.94. The Morgan fingerprint density at radius 1 is 0.765 bits per heavy atom. The third-order valence-electron chi connectivity index (χ3n) is 2.87. The molecule has 2 aromatic carbocycles. The molecule has 0 fully saturated rings. The molecular formula is C16H19Sb. The van der Waals surface area contributed by atoms with Gasteiger partial charge in [-0.25, -0.2) is 0 Å². The summed E-state index contributed by atoms with van der Waals surface area (Å²) >= 11 is -1.45. The van der Waals surface area contributed by atoms with Crippen molar-refractivity contribution in [2.45, 2.75) is 24.1 Å². The van der Waals surface area contributed by atoms with Crippen LogP contribution in [0.15, 0.2) is 60.7 Å². The molecule has 1 heteroatoms. The zero-order valence-electron chi connectivity index (χ0n) is 10.3. The van der Waals surface area contributed by atoms with Gasteiger partial charge in [-0.15, -0.1) is 0 Å². The summed E-state index contributed by atoms with van der Waals surface area (Å²) in [4.78, 5) is 0. The first-order valence-corrected chi connectivity index (χ1v) is 10.6. The standard InChI is InChI=1S/2C6H5.C4H9.Sb/c2*1-2-4-6-5-3-1;1-3-4-2;/h2*1-5H;1,3-4H2,2H3;. The summed E-state index contributed by atoms with van der Waals surface area (Å²) in [6, 6.07) is 22.3. The van der Waals surface area contributed by atoms with Crippen molar-refractivity contribution in [3.63, 3.8) is 0 Å². The molecular weight excluding hydrogens is 314 g/mol. The van der Waals surface area contributed by atoms with Gasteiger partial charge in [0.1, 0.15) is 0 Å². The molecule has 0 atom stereocenters. The zero-order valence-corrected chi connectivity index (χ0v) is 12.9. The summed E-state index contributed by atoms with van der Waals surface area (Å²) in [7, 11) is 0. The van der Waals surface area contributed by atoms with E-state index in [1.165, 1.54) is 17.2 Å². The molecule has 0 nitrogen and oxygen atoms in total. The predicted molar refractivity (Wildman–Crippen MR) is 77.6 cm³/mol. The van der Waals surface area contributed by atoms with Crippen molar-refractivity contribution in [1.29, 1.82) is 0 Å². The molecule has 0 bridgehead atoms. The van der Waals surface area contributed by atoms with Crippen LogP contribution in [0.1, 0.15) is 19.8 Å². The van der Waals surface area contributed by atoms with Gasteiger partial charge in [-0.1, -0.05) is 0 Å². The van der Waals surface area contributed by atoms with E-state index < -0.39 is 20.2 Å². The number of hydrogen-bond donors (Lipinski definition) is 0. The van der Waals surface area contributed by atoms with Gasteiger partial charge in [-0.3, -0.25) is 0 Å². The molecule has 2 rings (SSSR count). The van der Waals surface area contributed by atoms with Crippen LogP contribution in [-0.4, -0.2) is 20.2 Å². The van der Waals surface area contributed by atoms with Crippen LogP contribution in [0.2, 0.25) is 4.37 Å². The molecule has 0 heterocycles. The van der Waals surface area contributed by atoms with Gasteiger partial charge in [0.15, 0.2) is 0 Å². The van der Waals surface area contributed by atoms with E-state index in [2.05, 4.69) is 67.6 Å². The normalized spacial score (nSPS) is 10.7. The molecule has 2 aromatic rings. The van der Waals surface area contributed by atoms with E-state index in [0.717, 1.165) is 0 Å². The average molecular weight is 333 g/mol. The molecule has 0 saturated carbocycles. The topological polar surface area (TPSA) is 0 Å². The molecule has 17 heavy (non-hydrogen) atoms. The third-order valence-corrected chi connectivity index (χ3v) is 10.3. The third kappa shape index (κ3) is 3.61. The van der Waals surface area contributed by atoms with Gasteiger partial charge in [0.05, 0.1) is 0 Å². The van der Waals surface area contributed by atoms with Crippen LogP contribution in [0.3, 0.4) is 0 Å². The first-order valence-electron chi connectivity index (χ1n) is 6.29. The van der Waals surface area contributed by atoms with Crippen molar-refractivity contribution in [1.82, 2.24) is 0 Å². The SMILES string of the molecule is CCC[CH2][Sb]([c]1ccccc1)[c]1ccccc1. The predicted octanol–water partition coefficient (Wildman–Crippen LogP) is 3.10. The Morgan fingerprint density at radius 3 is 1.65 bits per heavy atom. The second-order valence-electron chi connectivity index (χ2n) is 4.18. The number of hydrogen-bond acceptors (Lipinski definition) is 0. The maximum atomic E-state index is 2.32. The number of unbranched alkanes of at least 4 members (excludes halogenated alkanes) is 1. The fourth-order valence-corrected chi connectivity index (χ4v) is 9.11. The molecule has 0 saturated heterocycles. The van der Waals surface area contributed by atoms with Crippen molar-refractivity contribution in [3.8, 4) is 0 Å². The molecule has 0 aliphatic heterocycles. The summed E-state index contributed by atoms with van der Waals surface area (Å²) in [6.07, 6.45) is 2.67. The summed E-state index contributed by atoms with van der Waals surface area (Å²) in [5, 5.41) is 0. The molecule has 0 unspecified atom stereocenters. The first kappa shape index (κ1) is 12.7. The molecule has 0 spiro atoms. The number of benzene rings is 2. The van der Waals surface area contributed by atoms with Crippen LogP contribution in [-0.2, 0) is 0 Å². The second kappa shape index (κ2) is 6.86. The summed E-state index contributed by atoms with van der Waals surface area (Å²) < 4.78 is 4.66. The number of rotatable bonds is 5. The monoisotopic (exact) mass is 332 g/mol. The van der Waals surface area contributed by atoms with Crippen LogP contribution in [0.5, 0.6) is 0 Å². The average Bonchev–Trinajstić information content (AvgIpc) is 2.42. The molecule has 0 amide bonds. The van der Waals surface area contributed by atoms with Crippen molar-refractivity contribution in [2.24, 2.45) is 0 Å². The zero-order chi connectivity index (χ0) is 11.9. The van der Waals surface area contributed by atoms with Gasteiger partial charge in [-0.2, -0.15) is 0 Å². The van der Waals surface area contributed by atoms with Crippen LogP contribution < -0.4 is 7.02 Å². The van der Waals surface area contributed by atoms with Gasteiger partial charge in [-0.05, 0) is 0 Å². The van der Waals surface area contributed by atoms with Gasteiger partial charge in [0.25, 0.3) is 0 Å². The van der Waals surface area contributed by atoms with Crippen molar-refractivity contribution >= 4 is 27.2 Å². The molecule has 0 N–H and O–H groups in total. The van der Waals surface area contributed by atoms with Crippen LogP contribution in [0.25, 0.3) is 0 Å². The molecule has 88 valence electrons. The maximum absolute atomic E-state index is 2.32. The second-order valence-corrected chi connectivity index (χ2v) is 10.8. The van der Waals surface area contributed by atoms with E-state index >= 15 is 0 Å². The van der Waals surface area contributed by atoms with E-state index in [1.54, 1.807) is 7.02 Å². The van der Waals surface area contributed by atoms with Crippen molar-refractivity contribution < 1.29 is 0 Å². The van der Waals surface area contributed by atoms with Gasteiger partial charge >= 0.3 is 112 Å². The molecule has 0 aliphatic rings. The minimum atomic E-state index is -1.45. The Hall–Kier alpha value is -0.742. The first-order chi connectivity index (χ1) is 8.42. The van der Waals surface area contributed by atoms with Crippen LogP contribution in [0, 0.1) is 0 Å². The van der Waals surface area contributed by atoms with E-state index in [9.17, 15) is 0 Å². The summed E-state index contributed by atoms with van der Waals surface area (Å²) in [5.41, 5.74) is 0. The van der Waals surface area contributed by atoms with E-state index in [-0.39, 0.29) is 0 Å². The van der Waals surface area contributed by atoms with E-state index in [0.29, 0.717) is 0 Å². The Bertz CT molecular complexity index is 382. The van der Waals surface area contributed by atoms with Crippen molar-refractivity contribution in [2.75, 3.05) is 0 Å². The summed E-state index contributed by atoms with van der Waals surface area (Å²) in [6.45, 7) is 2.29. The van der Waals surface area contributed by atoms with Crippen LogP contribution >= 0.6 is 0 Å². The van der Waals surface area contributed by atoms with E-state index in [1.807, 2.05) is 0 Å². The van der Waals surface area contributed by atoms with Gasteiger partial charge in [0, 0.05) is 0 Å².